The second kappa shape index (κ2) is 7.57. The van der Waals surface area contributed by atoms with Crippen LogP contribution in [0.5, 0.6) is 0 Å². The highest BCUT2D eigenvalue weighted by Crippen LogP contribution is 2.27. The molecule has 0 unspecified atom stereocenters. The predicted octanol–water partition coefficient (Wildman–Crippen LogP) is 2.85. The van der Waals surface area contributed by atoms with E-state index in [1.54, 1.807) is 25.1 Å². The molecule has 0 heterocycles. The van der Waals surface area contributed by atoms with Crippen molar-refractivity contribution >= 4 is 23.6 Å². The Labute approximate surface area is 133 Å². The highest BCUT2D eigenvalue weighted by atomic mass is 32.2. The fourth-order valence-electron chi connectivity index (χ4n) is 1.79. The van der Waals surface area contributed by atoms with Gasteiger partial charge in [-0.05, 0) is 45.7 Å². The number of carbonyl (C=O) groups is 1. The van der Waals surface area contributed by atoms with E-state index < -0.39 is 28.6 Å². The summed E-state index contributed by atoms with van der Waals surface area (Å²) in [5, 5.41) is 20.3. The number of nitrogens with zero attached hydrogens (tertiary/aromatic N) is 1. The van der Waals surface area contributed by atoms with Crippen molar-refractivity contribution in [3.63, 3.8) is 0 Å². The third-order valence-corrected chi connectivity index (χ3v) is 3.57. The number of aliphatic carboxylic acids is 1. The lowest BCUT2D eigenvalue weighted by Gasteiger charge is -2.29. The minimum Gasteiger partial charge on any atom is -0.480 e. The van der Waals surface area contributed by atoms with Crippen LogP contribution in [0.3, 0.4) is 0 Å². The van der Waals surface area contributed by atoms with Gasteiger partial charge in [0.2, 0.25) is 0 Å². The number of nitro benzene ring substituents is 1. The van der Waals surface area contributed by atoms with Gasteiger partial charge >= 0.3 is 5.97 Å². The van der Waals surface area contributed by atoms with E-state index in [1.165, 1.54) is 6.07 Å². The van der Waals surface area contributed by atoms with Crippen LogP contribution >= 0.6 is 11.9 Å². The van der Waals surface area contributed by atoms with Crippen molar-refractivity contribution < 1.29 is 19.6 Å². The second-order valence-corrected chi connectivity index (χ2v) is 6.58. The molecule has 1 rings (SSSR count). The Bertz CT molecular complexity index is 544. The molecule has 0 aliphatic carbocycles. The normalized spacial score (nSPS) is 14.4. The first-order valence-corrected chi connectivity index (χ1v) is 7.50. The smallest absolute Gasteiger partial charge is 0.324 e. The first-order chi connectivity index (χ1) is 10.1. The van der Waals surface area contributed by atoms with E-state index in [9.17, 15) is 20.0 Å². The number of para-hydroxylation sites is 1. The maximum Gasteiger partial charge on any atom is 0.324 e. The van der Waals surface area contributed by atoms with Gasteiger partial charge in [-0.3, -0.25) is 14.9 Å². The van der Waals surface area contributed by atoms with Crippen LogP contribution in [-0.4, -0.2) is 33.7 Å². The summed E-state index contributed by atoms with van der Waals surface area (Å²) >= 11 is 0.914. The molecule has 2 N–H and O–H groups in total. The fourth-order valence-corrected chi connectivity index (χ4v) is 2.73. The van der Waals surface area contributed by atoms with E-state index in [2.05, 4.69) is 4.72 Å². The maximum atomic E-state index is 11.4. The first-order valence-electron chi connectivity index (χ1n) is 6.68. The molecule has 0 fully saturated rings. The predicted molar refractivity (Wildman–Crippen MR) is 83.8 cm³/mol. The lowest BCUT2D eigenvalue weighted by molar-refractivity contribution is -0.387. The van der Waals surface area contributed by atoms with E-state index in [0.717, 1.165) is 11.9 Å². The van der Waals surface area contributed by atoms with Crippen molar-refractivity contribution in [3.05, 3.63) is 34.4 Å². The standard InChI is InChI=1S/C14H20N2O5S/c1-9(21-14(2,3)4)12(13(17)18)15-22-11-8-6-5-7-10(11)16(19)20/h5-9,12,15H,1-4H3,(H,17,18)/t9-,12+/m0/s1. The molecule has 7 nitrogen and oxygen atoms in total. The van der Waals surface area contributed by atoms with E-state index in [0.29, 0.717) is 4.90 Å². The minimum absolute atomic E-state index is 0.0754. The van der Waals surface area contributed by atoms with Crippen LogP contribution in [-0.2, 0) is 9.53 Å². The van der Waals surface area contributed by atoms with E-state index in [1.807, 2.05) is 20.8 Å². The number of benzene rings is 1. The molecule has 0 saturated heterocycles. The summed E-state index contributed by atoms with van der Waals surface area (Å²) in [5.74, 6) is -1.08. The fraction of sp³-hybridized carbons (Fsp3) is 0.500. The molecule has 0 spiro atoms. The summed E-state index contributed by atoms with van der Waals surface area (Å²) < 4.78 is 8.38. The molecule has 22 heavy (non-hydrogen) atoms. The zero-order valence-electron chi connectivity index (χ0n) is 12.9. The zero-order valence-corrected chi connectivity index (χ0v) is 13.7. The van der Waals surface area contributed by atoms with Crippen LogP contribution in [0.1, 0.15) is 27.7 Å². The molecule has 2 atom stereocenters. The summed E-state index contributed by atoms with van der Waals surface area (Å²) in [6.45, 7) is 7.14. The zero-order chi connectivity index (χ0) is 16.9. The largest absolute Gasteiger partial charge is 0.480 e. The van der Waals surface area contributed by atoms with Crippen LogP contribution < -0.4 is 4.72 Å². The van der Waals surface area contributed by atoms with Gasteiger partial charge in [-0.25, -0.2) is 4.72 Å². The molecule has 0 bridgehead atoms. The van der Waals surface area contributed by atoms with E-state index in [-0.39, 0.29) is 5.69 Å². The maximum absolute atomic E-state index is 11.4. The summed E-state index contributed by atoms with van der Waals surface area (Å²) in [4.78, 5) is 22.2. The number of nitro groups is 1. The monoisotopic (exact) mass is 328 g/mol. The van der Waals surface area contributed by atoms with Crippen LogP contribution in [0.2, 0.25) is 0 Å². The van der Waals surface area contributed by atoms with Gasteiger partial charge in [0.05, 0.1) is 16.6 Å². The Balaban J connectivity index is 2.82. The molecule has 1 aromatic rings. The minimum atomic E-state index is -1.08. The summed E-state index contributed by atoms with van der Waals surface area (Å²) in [6.07, 6.45) is -0.604. The molecule has 122 valence electrons. The third kappa shape index (κ3) is 5.63. The van der Waals surface area contributed by atoms with E-state index >= 15 is 0 Å². The second-order valence-electron chi connectivity index (χ2n) is 5.70. The summed E-state index contributed by atoms with van der Waals surface area (Å²) in [6, 6.07) is 5.15. The van der Waals surface area contributed by atoms with Gasteiger partial charge in [-0.15, -0.1) is 0 Å². The van der Waals surface area contributed by atoms with Gasteiger partial charge in [0, 0.05) is 6.07 Å². The lowest BCUT2D eigenvalue weighted by Crippen LogP contribution is -2.45. The van der Waals surface area contributed by atoms with Crippen molar-refractivity contribution in [1.29, 1.82) is 0 Å². The summed E-state index contributed by atoms with van der Waals surface area (Å²) in [7, 11) is 0. The van der Waals surface area contributed by atoms with Crippen molar-refractivity contribution in [2.24, 2.45) is 0 Å². The number of rotatable bonds is 7. The van der Waals surface area contributed by atoms with Crippen LogP contribution in [0, 0.1) is 10.1 Å². The average molecular weight is 328 g/mol. The Morgan fingerprint density at radius 1 is 1.41 bits per heavy atom. The average Bonchev–Trinajstić information content (AvgIpc) is 2.36. The topological polar surface area (TPSA) is 102 Å². The highest BCUT2D eigenvalue weighted by molar-refractivity contribution is 7.97. The van der Waals surface area contributed by atoms with Crippen molar-refractivity contribution in [2.45, 2.75) is 50.3 Å². The van der Waals surface area contributed by atoms with Crippen LogP contribution in [0.15, 0.2) is 29.2 Å². The molecule has 0 radical (unpaired) electrons. The number of ether oxygens (including phenoxy) is 1. The van der Waals surface area contributed by atoms with Crippen LogP contribution in [0.4, 0.5) is 5.69 Å². The van der Waals surface area contributed by atoms with E-state index in [4.69, 9.17) is 4.74 Å². The number of hydrogen-bond donors (Lipinski definition) is 2. The van der Waals surface area contributed by atoms with Crippen molar-refractivity contribution in [1.82, 2.24) is 4.72 Å². The number of carboxylic acids is 1. The first kappa shape index (κ1) is 18.4. The molecule has 0 aromatic heterocycles. The molecule has 0 saturated carbocycles. The SMILES string of the molecule is C[C@H](OC(C)(C)C)[C@@H](NSc1ccccc1[N+](=O)[O-])C(=O)O. The molecule has 0 aliphatic heterocycles. The Morgan fingerprint density at radius 2 is 2.00 bits per heavy atom. The summed E-state index contributed by atoms with van der Waals surface area (Å²) in [5.41, 5.74) is -0.563. The van der Waals surface area contributed by atoms with Gasteiger partial charge in [-0.2, -0.15) is 0 Å². The molecular formula is C14H20N2O5S. The molecule has 1 aromatic carbocycles. The van der Waals surface area contributed by atoms with Gasteiger partial charge in [0.25, 0.3) is 5.69 Å². The molecular weight excluding hydrogens is 308 g/mol. The van der Waals surface area contributed by atoms with Gasteiger partial charge in [0.15, 0.2) is 0 Å². The number of nitrogens with one attached hydrogen (secondary N) is 1. The van der Waals surface area contributed by atoms with Gasteiger partial charge < -0.3 is 9.84 Å². The van der Waals surface area contributed by atoms with Crippen molar-refractivity contribution in [3.8, 4) is 0 Å². The Morgan fingerprint density at radius 3 is 2.50 bits per heavy atom. The van der Waals surface area contributed by atoms with Crippen molar-refractivity contribution in [2.75, 3.05) is 0 Å². The van der Waals surface area contributed by atoms with Crippen LogP contribution in [0.25, 0.3) is 0 Å². The lowest BCUT2D eigenvalue weighted by atomic mass is 10.1. The Hall–Kier alpha value is -1.64. The van der Waals surface area contributed by atoms with Gasteiger partial charge in [0.1, 0.15) is 10.9 Å². The number of hydrogen-bond acceptors (Lipinski definition) is 6. The van der Waals surface area contributed by atoms with Gasteiger partial charge in [-0.1, -0.05) is 12.1 Å². The molecule has 8 heteroatoms. The third-order valence-electron chi connectivity index (χ3n) is 2.63. The quantitative estimate of drug-likeness (QED) is 0.451. The molecule has 0 amide bonds. The highest BCUT2D eigenvalue weighted by Gasteiger charge is 2.29. The Kier molecular flexibility index (Phi) is 6.34. The molecule has 0 aliphatic rings. The number of carboxylic acid groups (broad SMARTS) is 1.